The maximum Gasteiger partial charge on any atom is 0.242 e. The van der Waals surface area contributed by atoms with Crippen LogP contribution in [0.2, 0.25) is 0 Å². The minimum atomic E-state index is -0.496. The van der Waals surface area contributed by atoms with Crippen molar-refractivity contribution in [1.82, 2.24) is 10.2 Å². The SMILES string of the molecule is CC[C@@H](C(=O)NC)N(Cc1ccccc1C)C(=O)CCc1ccc2c(c1)OCO2. The van der Waals surface area contributed by atoms with Gasteiger partial charge in [0.05, 0.1) is 0 Å². The van der Waals surface area contributed by atoms with Gasteiger partial charge in [0.15, 0.2) is 11.5 Å². The van der Waals surface area contributed by atoms with E-state index in [0.717, 1.165) is 22.4 Å². The molecule has 0 fully saturated rings. The molecule has 2 aromatic rings. The number of carbonyl (C=O) groups excluding carboxylic acids is 2. The van der Waals surface area contributed by atoms with Crippen LogP contribution < -0.4 is 14.8 Å². The van der Waals surface area contributed by atoms with Crippen LogP contribution in [0.1, 0.15) is 36.5 Å². The molecule has 1 aliphatic heterocycles. The maximum absolute atomic E-state index is 13.2. The monoisotopic (exact) mass is 396 g/mol. The first kappa shape index (κ1) is 20.7. The third kappa shape index (κ3) is 4.88. The van der Waals surface area contributed by atoms with Crippen LogP contribution >= 0.6 is 0 Å². The Morgan fingerprint density at radius 2 is 1.90 bits per heavy atom. The molecule has 0 saturated carbocycles. The molecule has 0 aromatic heterocycles. The van der Waals surface area contributed by atoms with E-state index in [-0.39, 0.29) is 18.6 Å². The van der Waals surface area contributed by atoms with E-state index in [2.05, 4.69) is 5.32 Å². The Morgan fingerprint density at radius 1 is 1.14 bits per heavy atom. The lowest BCUT2D eigenvalue weighted by molar-refractivity contribution is -0.141. The van der Waals surface area contributed by atoms with Crippen molar-refractivity contribution in [3.05, 3.63) is 59.2 Å². The largest absolute Gasteiger partial charge is 0.454 e. The summed E-state index contributed by atoms with van der Waals surface area (Å²) in [6, 6.07) is 13.2. The minimum absolute atomic E-state index is 0.0404. The number of fused-ring (bicyclic) bond motifs is 1. The van der Waals surface area contributed by atoms with Gasteiger partial charge in [-0.1, -0.05) is 37.3 Å². The molecule has 154 valence electrons. The Balaban J connectivity index is 1.76. The highest BCUT2D eigenvalue weighted by atomic mass is 16.7. The van der Waals surface area contributed by atoms with E-state index in [1.54, 1.807) is 11.9 Å². The third-order valence-electron chi connectivity index (χ3n) is 5.30. The lowest BCUT2D eigenvalue weighted by Crippen LogP contribution is -2.48. The highest BCUT2D eigenvalue weighted by Gasteiger charge is 2.28. The number of rotatable bonds is 8. The van der Waals surface area contributed by atoms with Gasteiger partial charge in [0.2, 0.25) is 18.6 Å². The molecule has 2 aromatic carbocycles. The third-order valence-corrected chi connectivity index (χ3v) is 5.30. The van der Waals surface area contributed by atoms with Crippen molar-refractivity contribution >= 4 is 11.8 Å². The van der Waals surface area contributed by atoms with E-state index in [1.807, 2.05) is 56.3 Å². The average molecular weight is 396 g/mol. The Hall–Kier alpha value is -3.02. The second-order valence-electron chi connectivity index (χ2n) is 7.17. The van der Waals surface area contributed by atoms with Crippen LogP contribution in [0.25, 0.3) is 0 Å². The number of carbonyl (C=O) groups is 2. The summed E-state index contributed by atoms with van der Waals surface area (Å²) in [7, 11) is 1.61. The number of aryl methyl sites for hydroxylation is 2. The van der Waals surface area contributed by atoms with Crippen LogP contribution in [0.4, 0.5) is 0 Å². The molecule has 29 heavy (non-hydrogen) atoms. The van der Waals surface area contributed by atoms with Gasteiger partial charge in [-0.15, -0.1) is 0 Å². The summed E-state index contributed by atoms with van der Waals surface area (Å²) in [6.07, 6.45) is 1.45. The zero-order valence-corrected chi connectivity index (χ0v) is 17.2. The predicted octanol–water partition coefficient (Wildman–Crippen LogP) is 3.21. The normalized spacial score (nSPS) is 13.1. The summed E-state index contributed by atoms with van der Waals surface area (Å²) in [5.41, 5.74) is 3.16. The molecule has 0 unspecified atom stereocenters. The first-order valence-electron chi connectivity index (χ1n) is 9.97. The molecule has 0 radical (unpaired) electrons. The molecule has 0 bridgehead atoms. The van der Waals surface area contributed by atoms with Crippen molar-refractivity contribution in [2.24, 2.45) is 0 Å². The van der Waals surface area contributed by atoms with Gasteiger partial charge >= 0.3 is 0 Å². The molecular weight excluding hydrogens is 368 g/mol. The average Bonchev–Trinajstić information content (AvgIpc) is 3.20. The van der Waals surface area contributed by atoms with Crippen LogP contribution in [0.3, 0.4) is 0 Å². The summed E-state index contributed by atoms with van der Waals surface area (Å²) < 4.78 is 10.8. The Kier molecular flexibility index (Phi) is 6.75. The number of amides is 2. The number of hydrogen-bond acceptors (Lipinski definition) is 4. The fourth-order valence-corrected chi connectivity index (χ4v) is 3.55. The topological polar surface area (TPSA) is 67.9 Å². The fourth-order valence-electron chi connectivity index (χ4n) is 3.55. The summed E-state index contributed by atoms with van der Waals surface area (Å²) in [5, 5.41) is 2.69. The van der Waals surface area contributed by atoms with Crippen LogP contribution in [-0.2, 0) is 22.6 Å². The van der Waals surface area contributed by atoms with E-state index in [1.165, 1.54) is 0 Å². The van der Waals surface area contributed by atoms with E-state index < -0.39 is 6.04 Å². The highest BCUT2D eigenvalue weighted by molar-refractivity contribution is 5.87. The number of nitrogens with one attached hydrogen (secondary N) is 1. The molecule has 6 heteroatoms. The predicted molar refractivity (Wildman–Crippen MR) is 111 cm³/mol. The lowest BCUT2D eigenvalue weighted by Gasteiger charge is -2.31. The van der Waals surface area contributed by atoms with E-state index in [0.29, 0.717) is 31.6 Å². The van der Waals surface area contributed by atoms with Gasteiger partial charge in [-0.3, -0.25) is 9.59 Å². The van der Waals surface area contributed by atoms with Crippen molar-refractivity contribution in [2.45, 2.75) is 45.7 Å². The van der Waals surface area contributed by atoms with E-state index >= 15 is 0 Å². The first-order chi connectivity index (χ1) is 14.0. The molecule has 1 atom stereocenters. The molecule has 0 spiro atoms. The quantitative estimate of drug-likeness (QED) is 0.744. The van der Waals surface area contributed by atoms with Gasteiger partial charge in [0.1, 0.15) is 6.04 Å². The first-order valence-corrected chi connectivity index (χ1v) is 9.97. The second-order valence-corrected chi connectivity index (χ2v) is 7.17. The smallest absolute Gasteiger partial charge is 0.242 e. The van der Waals surface area contributed by atoms with Crippen molar-refractivity contribution in [2.75, 3.05) is 13.8 Å². The van der Waals surface area contributed by atoms with Crippen molar-refractivity contribution in [1.29, 1.82) is 0 Å². The van der Waals surface area contributed by atoms with Gasteiger partial charge in [-0.2, -0.15) is 0 Å². The van der Waals surface area contributed by atoms with E-state index in [9.17, 15) is 9.59 Å². The Bertz CT molecular complexity index is 881. The van der Waals surface area contributed by atoms with Crippen molar-refractivity contribution < 1.29 is 19.1 Å². The van der Waals surface area contributed by atoms with Crippen LogP contribution in [0.15, 0.2) is 42.5 Å². The molecule has 1 N–H and O–H groups in total. The number of likely N-dealkylation sites (N-methyl/N-ethyl adjacent to an activating group) is 1. The van der Waals surface area contributed by atoms with Gasteiger partial charge in [0, 0.05) is 20.0 Å². The lowest BCUT2D eigenvalue weighted by atomic mass is 10.0. The standard InChI is InChI=1S/C23H28N2O4/c1-4-19(23(27)24-3)25(14-18-8-6-5-7-16(18)2)22(26)12-10-17-9-11-20-21(13-17)29-15-28-20/h5-9,11,13,19H,4,10,12,14-15H2,1-3H3,(H,24,27)/t19-/m0/s1. The number of nitrogens with zero attached hydrogens (tertiary/aromatic N) is 1. The highest BCUT2D eigenvalue weighted by Crippen LogP contribution is 2.32. The van der Waals surface area contributed by atoms with Crippen LogP contribution in [0, 0.1) is 6.92 Å². The van der Waals surface area contributed by atoms with Gasteiger partial charge < -0.3 is 19.7 Å². The van der Waals surface area contributed by atoms with Crippen LogP contribution in [0.5, 0.6) is 11.5 Å². The number of benzene rings is 2. The molecular formula is C23H28N2O4. The molecule has 0 aliphatic carbocycles. The van der Waals surface area contributed by atoms with Gasteiger partial charge in [0.25, 0.3) is 0 Å². The maximum atomic E-state index is 13.2. The van der Waals surface area contributed by atoms with Crippen LogP contribution in [-0.4, -0.2) is 36.6 Å². The van der Waals surface area contributed by atoms with Crippen molar-refractivity contribution in [3.8, 4) is 11.5 Å². The molecule has 1 heterocycles. The summed E-state index contributed by atoms with van der Waals surface area (Å²) in [4.78, 5) is 27.3. The molecule has 3 rings (SSSR count). The number of hydrogen-bond donors (Lipinski definition) is 1. The van der Waals surface area contributed by atoms with Gasteiger partial charge in [-0.05, 0) is 48.6 Å². The van der Waals surface area contributed by atoms with E-state index in [4.69, 9.17) is 9.47 Å². The zero-order valence-electron chi connectivity index (χ0n) is 17.2. The summed E-state index contributed by atoms with van der Waals surface area (Å²) in [6.45, 7) is 4.59. The Labute approximate surface area is 171 Å². The summed E-state index contributed by atoms with van der Waals surface area (Å²) in [5.74, 6) is 1.26. The second kappa shape index (κ2) is 9.45. The Morgan fingerprint density at radius 3 is 2.62 bits per heavy atom. The minimum Gasteiger partial charge on any atom is -0.454 e. The zero-order chi connectivity index (χ0) is 20.8. The molecule has 2 amide bonds. The molecule has 0 saturated heterocycles. The summed E-state index contributed by atoms with van der Waals surface area (Å²) >= 11 is 0. The molecule has 6 nitrogen and oxygen atoms in total. The fraction of sp³-hybridized carbons (Fsp3) is 0.391. The number of ether oxygens (including phenoxy) is 2. The van der Waals surface area contributed by atoms with Gasteiger partial charge in [-0.25, -0.2) is 0 Å². The molecule has 1 aliphatic rings. The van der Waals surface area contributed by atoms with Crippen molar-refractivity contribution in [3.63, 3.8) is 0 Å².